The number of carbonyl (C=O) groups is 1. The van der Waals surface area contributed by atoms with Crippen LogP contribution in [0, 0.1) is 17.1 Å². The highest BCUT2D eigenvalue weighted by atomic mass is 19.1. The lowest BCUT2D eigenvalue weighted by Gasteiger charge is -2.44. The molecule has 0 radical (unpaired) electrons. The quantitative estimate of drug-likeness (QED) is 0.120. The molecule has 1 aromatic rings. The first-order valence-corrected chi connectivity index (χ1v) is 17.2. The maximum Gasteiger partial charge on any atom is 0.254 e. The lowest BCUT2D eigenvalue weighted by molar-refractivity contribution is -0.155. The number of allylic oxidation sites excluding steroid dienone is 11. The van der Waals surface area contributed by atoms with Gasteiger partial charge in [0.25, 0.3) is 5.91 Å². The topological polar surface area (TPSA) is 68.9 Å². The maximum atomic E-state index is 14.8. The number of aliphatic imine (C=N–C) groups is 1. The van der Waals surface area contributed by atoms with Crippen LogP contribution < -0.4 is 0 Å². The molecule has 2 rings (SSSR count). The predicted octanol–water partition coefficient (Wildman–Crippen LogP) is 9.99. The number of carbonyl (C=O) groups excluding carboxylic acids is 1. The van der Waals surface area contributed by atoms with Gasteiger partial charge < -0.3 is 14.5 Å². The molecule has 0 spiro atoms. The maximum absolute atomic E-state index is 14.8. The van der Waals surface area contributed by atoms with Gasteiger partial charge in [0.15, 0.2) is 0 Å². The fourth-order valence-corrected chi connectivity index (χ4v) is 5.41. The van der Waals surface area contributed by atoms with Gasteiger partial charge in [0.1, 0.15) is 11.4 Å². The van der Waals surface area contributed by atoms with Gasteiger partial charge >= 0.3 is 0 Å². The smallest absolute Gasteiger partial charge is 0.254 e. The molecule has 1 aliphatic heterocycles. The second kappa shape index (κ2) is 21.8. The van der Waals surface area contributed by atoms with Gasteiger partial charge in [0.05, 0.1) is 11.6 Å². The van der Waals surface area contributed by atoms with Crippen molar-refractivity contribution in [3.63, 3.8) is 0 Å². The normalized spacial score (nSPS) is 17.4. The van der Waals surface area contributed by atoms with E-state index in [0.29, 0.717) is 25.2 Å². The van der Waals surface area contributed by atoms with E-state index < -0.39 is 5.60 Å². The van der Waals surface area contributed by atoms with E-state index >= 15 is 0 Å². The molecule has 7 heteroatoms. The zero-order chi connectivity index (χ0) is 36.3. The van der Waals surface area contributed by atoms with Crippen LogP contribution in [0.2, 0.25) is 0 Å². The van der Waals surface area contributed by atoms with Gasteiger partial charge in [0.2, 0.25) is 0 Å². The molecule has 1 atom stereocenters. The number of halogens is 1. The molecule has 1 saturated heterocycles. The summed E-state index contributed by atoms with van der Waals surface area (Å²) < 4.78 is 20.2. The van der Waals surface area contributed by atoms with E-state index in [4.69, 9.17) is 10.00 Å². The lowest BCUT2D eigenvalue weighted by atomic mass is 9.92. The van der Waals surface area contributed by atoms with E-state index in [1.807, 2.05) is 67.5 Å². The Bertz CT molecular complexity index is 1450. The summed E-state index contributed by atoms with van der Waals surface area (Å²) in [5.74, 6) is -0.268. The van der Waals surface area contributed by atoms with E-state index in [1.54, 1.807) is 33.1 Å². The van der Waals surface area contributed by atoms with Crippen molar-refractivity contribution < 1.29 is 13.9 Å². The molecular weight excluding hydrogens is 599 g/mol. The Labute approximate surface area is 290 Å². The number of rotatable bonds is 13. The van der Waals surface area contributed by atoms with Crippen molar-refractivity contribution in [1.29, 1.82) is 5.26 Å². The van der Waals surface area contributed by atoms with E-state index in [0.717, 1.165) is 53.8 Å². The molecule has 1 fully saturated rings. The van der Waals surface area contributed by atoms with Crippen LogP contribution in [0.3, 0.4) is 0 Å². The Hall–Kier alpha value is -4.02. The first-order valence-electron chi connectivity index (χ1n) is 17.2. The first-order chi connectivity index (χ1) is 22.8. The SMILES string of the molecule is CC/C=C/C=C(C#N)\C=C(/C)CCC.C\C=C(C(/C(C)=N/C=C/CC)=C(/C)N1CCN(C(=O)C(C)(C)OC)C(C)C1)\c1ccccc1F. The molecule has 6 nitrogen and oxygen atoms in total. The summed E-state index contributed by atoms with van der Waals surface area (Å²) in [6.45, 7) is 21.9. The molecule has 1 amide bonds. The van der Waals surface area contributed by atoms with Crippen molar-refractivity contribution in [1.82, 2.24) is 9.80 Å². The summed E-state index contributed by atoms with van der Waals surface area (Å²) in [5, 5.41) is 8.85. The minimum atomic E-state index is -0.857. The van der Waals surface area contributed by atoms with Crippen LogP contribution in [-0.4, -0.2) is 59.8 Å². The van der Waals surface area contributed by atoms with Crippen LogP contribution in [0.4, 0.5) is 4.39 Å². The highest BCUT2D eigenvalue weighted by Gasteiger charge is 2.37. The van der Waals surface area contributed by atoms with Crippen molar-refractivity contribution in [2.24, 2.45) is 4.99 Å². The summed E-state index contributed by atoms with van der Waals surface area (Å²) >= 11 is 0. The Morgan fingerprint density at radius 3 is 2.33 bits per heavy atom. The van der Waals surface area contributed by atoms with Gasteiger partial charge in [-0.3, -0.25) is 9.79 Å². The minimum absolute atomic E-state index is 0.00613. The fourth-order valence-electron chi connectivity index (χ4n) is 5.41. The number of amides is 1. The largest absolute Gasteiger partial charge is 0.371 e. The Morgan fingerprint density at radius 2 is 1.79 bits per heavy atom. The predicted molar refractivity (Wildman–Crippen MR) is 201 cm³/mol. The van der Waals surface area contributed by atoms with Crippen LogP contribution in [-0.2, 0) is 9.53 Å². The third kappa shape index (κ3) is 12.9. The molecule has 0 N–H and O–H groups in total. The lowest BCUT2D eigenvalue weighted by Crippen LogP contribution is -2.58. The third-order valence-corrected chi connectivity index (χ3v) is 8.27. The van der Waals surface area contributed by atoms with Crippen LogP contribution in [0.15, 0.2) is 94.3 Å². The number of methoxy groups -OCH3 is 1. The van der Waals surface area contributed by atoms with Gasteiger partial charge in [-0.15, -0.1) is 0 Å². The monoisotopic (exact) mass is 658 g/mol. The first kappa shape index (κ1) is 42.0. The summed E-state index contributed by atoms with van der Waals surface area (Å²) in [6, 6.07) is 9.03. The van der Waals surface area contributed by atoms with Gasteiger partial charge in [-0.1, -0.05) is 75.3 Å². The summed E-state index contributed by atoms with van der Waals surface area (Å²) in [6.07, 6.45) is 17.7. The van der Waals surface area contributed by atoms with Crippen molar-refractivity contribution in [2.75, 3.05) is 26.7 Å². The van der Waals surface area contributed by atoms with Gasteiger partial charge in [-0.05, 0) is 91.5 Å². The minimum Gasteiger partial charge on any atom is -0.371 e. The molecule has 262 valence electrons. The number of ether oxygens (including phenoxy) is 1. The van der Waals surface area contributed by atoms with Crippen molar-refractivity contribution in [3.05, 3.63) is 101 Å². The summed E-state index contributed by atoms with van der Waals surface area (Å²) in [5.41, 5.74) is 5.27. The molecule has 48 heavy (non-hydrogen) atoms. The van der Waals surface area contributed by atoms with Crippen LogP contribution in [0.5, 0.6) is 0 Å². The molecule has 1 aromatic carbocycles. The highest BCUT2D eigenvalue weighted by Crippen LogP contribution is 2.31. The number of hydrogen-bond donors (Lipinski definition) is 0. The molecule has 0 saturated carbocycles. The third-order valence-electron chi connectivity index (χ3n) is 8.27. The van der Waals surface area contributed by atoms with Crippen LogP contribution in [0.25, 0.3) is 5.57 Å². The standard InChI is InChI=1S/C28H40FN3O2.C13H19N/c1-9-11-16-30-21(4)26(23(10-2)24-14-12-13-15-25(24)29)22(5)31-17-18-32(20(3)19-31)27(33)28(6,7)34-8;1-4-6-7-9-13(11-14)10-12(3)8-5-2/h10-16,20H,9,17-19H2,1-8H3;6-7,9-10H,4-5,8H2,1-3H3/b16-11+,23-10-,26-22-,30-21+;7-6+,12-10+,13-9+. The van der Waals surface area contributed by atoms with Gasteiger partial charge in [-0.2, -0.15) is 5.26 Å². The summed E-state index contributed by atoms with van der Waals surface area (Å²) in [4.78, 5) is 21.8. The van der Waals surface area contributed by atoms with Crippen molar-refractivity contribution >= 4 is 17.2 Å². The average molecular weight is 659 g/mol. The molecule has 0 bridgehead atoms. The van der Waals surface area contributed by atoms with E-state index in [9.17, 15) is 9.18 Å². The summed E-state index contributed by atoms with van der Waals surface area (Å²) in [7, 11) is 1.56. The number of nitrogens with zero attached hydrogens (tertiary/aromatic N) is 4. The van der Waals surface area contributed by atoms with Crippen LogP contribution >= 0.6 is 0 Å². The molecule has 1 unspecified atom stereocenters. The number of benzene rings is 1. The zero-order valence-corrected chi connectivity index (χ0v) is 31.4. The molecular formula is C41H59FN4O2. The second-order valence-electron chi connectivity index (χ2n) is 12.5. The van der Waals surface area contributed by atoms with Gasteiger partial charge in [0, 0.05) is 61.5 Å². The second-order valence-corrected chi connectivity index (χ2v) is 12.5. The molecule has 1 heterocycles. The van der Waals surface area contributed by atoms with E-state index in [-0.39, 0.29) is 17.8 Å². The van der Waals surface area contributed by atoms with Crippen molar-refractivity contribution in [3.8, 4) is 6.07 Å². The average Bonchev–Trinajstić information content (AvgIpc) is 3.07. The number of nitriles is 1. The number of piperazine rings is 1. The molecule has 1 aliphatic rings. The highest BCUT2D eigenvalue weighted by molar-refractivity contribution is 6.12. The zero-order valence-electron chi connectivity index (χ0n) is 31.4. The Kier molecular flexibility index (Phi) is 19.1. The van der Waals surface area contributed by atoms with E-state index in [2.05, 4.69) is 57.5 Å². The van der Waals surface area contributed by atoms with E-state index in [1.165, 1.54) is 11.6 Å². The number of hydrogen-bond acceptors (Lipinski definition) is 5. The van der Waals surface area contributed by atoms with Gasteiger partial charge in [-0.25, -0.2) is 4.39 Å². The van der Waals surface area contributed by atoms with Crippen LogP contribution in [0.1, 0.15) is 100 Å². The van der Waals surface area contributed by atoms with Crippen molar-refractivity contribution in [2.45, 2.75) is 107 Å². The Balaban J connectivity index is 0.000000692. The Morgan fingerprint density at radius 1 is 1.12 bits per heavy atom. The molecule has 0 aliphatic carbocycles. The fraction of sp³-hybridized carbons (Fsp3) is 0.488. The molecule has 0 aromatic heterocycles.